The van der Waals surface area contributed by atoms with E-state index in [1.807, 2.05) is 26.0 Å². The van der Waals surface area contributed by atoms with Crippen LogP contribution in [0.15, 0.2) is 30.5 Å². The zero-order valence-corrected chi connectivity index (χ0v) is 12.4. The summed E-state index contributed by atoms with van der Waals surface area (Å²) in [4.78, 5) is 16.5. The van der Waals surface area contributed by atoms with Crippen LogP contribution in [0.2, 0.25) is 5.02 Å². The molecule has 0 aliphatic heterocycles. The van der Waals surface area contributed by atoms with Crippen LogP contribution in [0.5, 0.6) is 0 Å². The lowest BCUT2D eigenvalue weighted by Gasteiger charge is -2.12. The molecule has 0 spiro atoms. The maximum atomic E-state index is 12.3. The minimum absolute atomic E-state index is 0.216. The van der Waals surface area contributed by atoms with E-state index in [0.717, 1.165) is 16.9 Å². The van der Waals surface area contributed by atoms with Gasteiger partial charge in [0.1, 0.15) is 0 Å². The van der Waals surface area contributed by atoms with Crippen molar-refractivity contribution < 1.29 is 4.79 Å². The minimum Gasteiger partial charge on any atom is -0.387 e. The average Bonchev–Trinajstić information content (AvgIpc) is 2.43. The number of halogens is 1. The Labute approximate surface area is 123 Å². The summed E-state index contributed by atoms with van der Waals surface area (Å²) in [6, 6.07) is 7.25. The van der Waals surface area contributed by atoms with E-state index >= 15 is 0 Å². The summed E-state index contributed by atoms with van der Waals surface area (Å²) in [5.41, 5.74) is 3.63. The molecular weight excluding hydrogens is 274 g/mol. The van der Waals surface area contributed by atoms with Crippen molar-refractivity contribution in [2.45, 2.75) is 13.8 Å². The molecule has 2 rings (SSSR count). The van der Waals surface area contributed by atoms with Crippen LogP contribution in [0.3, 0.4) is 0 Å². The highest BCUT2D eigenvalue weighted by Gasteiger charge is 2.13. The van der Waals surface area contributed by atoms with Gasteiger partial charge in [-0.2, -0.15) is 0 Å². The van der Waals surface area contributed by atoms with Gasteiger partial charge in [0.05, 0.1) is 11.3 Å². The smallest absolute Gasteiger partial charge is 0.259 e. The Morgan fingerprint density at radius 1 is 1.25 bits per heavy atom. The molecular formula is C15H16ClN3O. The Balaban J connectivity index is 2.31. The summed E-state index contributed by atoms with van der Waals surface area (Å²) in [7, 11) is 1.77. The molecule has 0 saturated carbocycles. The van der Waals surface area contributed by atoms with Crippen LogP contribution in [-0.4, -0.2) is 17.9 Å². The number of nitrogens with zero attached hydrogens (tertiary/aromatic N) is 1. The van der Waals surface area contributed by atoms with E-state index in [-0.39, 0.29) is 5.91 Å². The van der Waals surface area contributed by atoms with E-state index in [4.69, 9.17) is 11.6 Å². The fraction of sp³-hybridized carbons (Fsp3) is 0.200. The Bertz CT molecular complexity index is 656. The summed E-state index contributed by atoms with van der Waals surface area (Å²) in [5, 5.41) is 6.48. The Morgan fingerprint density at radius 3 is 2.70 bits per heavy atom. The second-order valence-electron chi connectivity index (χ2n) is 4.49. The first kappa shape index (κ1) is 14.3. The number of aryl methyl sites for hydroxylation is 1. The van der Waals surface area contributed by atoms with Gasteiger partial charge in [-0.25, -0.2) is 0 Å². The molecule has 0 saturated heterocycles. The molecule has 1 heterocycles. The first-order valence-corrected chi connectivity index (χ1v) is 6.61. The molecule has 5 heteroatoms. The summed E-state index contributed by atoms with van der Waals surface area (Å²) in [6.07, 6.45) is 1.57. The maximum absolute atomic E-state index is 12.3. The summed E-state index contributed by atoms with van der Waals surface area (Å²) < 4.78 is 0. The third-order valence-corrected chi connectivity index (χ3v) is 3.48. The lowest BCUT2D eigenvalue weighted by atomic mass is 10.1. The van der Waals surface area contributed by atoms with Gasteiger partial charge in [0.25, 0.3) is 5.91 Å². The third kappa shape index (κ3) is 2.91. The van der Waals surface area contributed by atoms with Crippen molar-refractivity contribution in [2.24, 2.45) is 0 Å². The van der Waals surface area contributed by atoms with E-state index in [1.165, 1.54) is 0 Å². The van der Waals surface area contributed by atoms with Gasteiger partial charge in [-0.1, -0.05) is 17.7 Å². The first-order chi connectivity index (χ1) is 9.52. The molecule has 2 aromatic rings. The molecule has 1 aromatic heterocycles. The molecule has 20 heavy (non-hydrogen) atoms. The highest BCUT2D eigenvalue weighted by molar-refractivity contribution is 6.31. The molecule has 4 nitrogen and oxygen atoms in total. The van der Waals surface area contributed by atoms with Crippen molar-refractivity contribution in [3.05, 3.63) is 52.3 Å². The van der Waals surface area contributed by atoms with Crippen LogP contribution in [0.1, 0.15) is 21.6 Å². The normalized spacial score (nSPS) is 10.2. The molecule has 0 unspecified atom stereocenters. The second-order valence-corrected chi connectivity index (χ2v) is 4.89. The van der Waals surface area contributed by atoms with Gasteiger partial charge in [0, 0.05) is 29.6 Å². The molecule has 0 atom stereocenters. The minimum atomic E-state index is -0.216. The number of aromatic nitrogens is 1. The largest absolute Gasteiger partial charge is 0.387 e. The molecule has 0 fully saturated rings. The summed E-state index contributed by atoms with van der Waals surface area (Å²) in [6.45, 7) is 3.74. The van der Waals surface area contributed by atoms with Gasteiger partial charge in [-0.05, 0) is 37.6 Å². The number of rotatable bonds is 3. The molecule has 0 bridgehead atoms. The van der Waals surface area contributed by atoms with E-state index < -0.39 is 0 Å². The maximum Gasteiger partial charge on any atom is 0.259 e. The van der Waals surface area contributed by atoms with Crippen molar-refractivity contribution in [2.75, 3.05) is 17.7 Å². The third-order valence-electron chi connectivity index (χ3n) is 3.07. The number of anilines is 2. The first-order valence-electron chi connectivity index (χ1n) is 6.23. The van der Waals surface area contributed by atoms with Gasteiger partial charge in [0.2, 0.25) is 0 Å². The van der Waals surface area contributed by atoms with Gasteiger partial charge in [-0.15, -0.1) is 0 Å². The number of hydrogen-bond donors (Lipinski definition) is 2. The Morgan fingerprint density at radius 2 is 2.00 bits per heavy atom. The number of hydrogen-bond acceptors (Lipinski definition) is 3. The standard InChI is InChI=1S/C15H16ClN3O/c1-9-7-14(17-3)11(8-18-9)15(20)19-13-6-4-5-12(16)10(13)2/h4-8H,1-3H3,(H,17,18)(H,19,20). The molecule has 0 aliphatic carbocycles. The van der Waals surface area contributed by atoms with Gasteiger partial charge in [-0.3, -0.25) is 9.78 Å². The van der Waals surface area contributed by atoms with Gasteiger partial charge in [0.15, 0.2) is 0 Å². The van der Waals surface area contributed by atoms with Crippen molar-refractivity contribution in [3.8, 4) is 0 Å². The van der Waals surface area contributed by atoms with E-state index in [9.17, 15) is 4.79 Å². The zero-order chi connectivity index (χ0) is 14.7. The van der Waals surface area contributed by atoms with E-state index in [0.29, 0.717) is 16.3 Å². The molecule has 1 amide bonds. The van der Waals surface area contributed by atoms with Gasteiger partial charge < -0.3 is 10.6 Å². The second kappa shape index (κ2) is 5.92. The molecule has 1 aromatic carbocycles. The fourth-order valence-electron chi connectivity index (χ4n) is 1.88. The van der Waals surface area contributed by atoms with Crippen LogP contribution in [0, 0.1) is 13.8 Å². The Kier molecular flexibility index (Phi) is 4.25. The van der Waals surface area contributed by atoms with Gasteiger partial charge >= 0.3 is 0 Å². The number of nitrogens with one attached hydrogen (secondary N) is 2. The summed E-state index contributed by atoms with van der Waals surface area (Å²) >= 11 is 6.05. The van der Waals surface area contributed by atoms with Crippen molar-refractivity contribution in [1.82, 2.24) is 4.98 Å². The average molecular weight is 290 g/mol. The number of amides is 1. The Hall–Kier alpha value is -2.07. The van der Waals surface area contributed by atoms with E-state index in [2.05, 4.69) is 15.6 Å². The predicted octanol–water partition coefficient (Wildman–Crippen LogP) is 3.65. The van der Waals surface area contributed by atoms with Crippen LogP contribution in [0.4, 0.5) is 11.4 Å². The van der Waals surface area contributed by atoms with Crippen LogP contribution in [-0.2, 0) is 0 Å². The predicted molar refractivity (Wildman–Crippen MR) is 82.7 cm³/mol. The topological polar surface area (TPSA) is 54.0 Å². The zero-order valence-electron chi connectivity index (χ0n) is 11.6. The van der Waals surface area contributed by atoms with Crippen LogP contribution < -0.4 is 10.6 Å². The lowest BCUT2D eigenvalue weighted by Crippen LogP contribution is -2.15. The van der Waals surface area contributed by atoms with Crippen molar-refractivity contribution in [1.29, 1.82) is 0 Å². The summed E-state index contributed by atoms with van der Waals surface area (Å²) in [5.74, 6) is -0.216. The molecule has 2 N–H and O–H groups in total. The number of pyridine rings is 1. The molecule has 0 aliphatic rings. The van der Waals surface area contributed by atoms with Crippen molar-refractivity contribution >= 4 is 28.9 Å². The van der Waals surface area contributed by atoms with E-state index in [1.54, 1.807) is 25.4 Å². The van der Waals surface area contributed by atoms with Crippen LogP contribution in [0.25, 0.3) is 0 Å². The molecule has 0 radical (unpaired) electrons. The number of carbonyl (C=O) groups is 1. The quantitative estimate of drug-likeness (QED) is 0.907. The monoisotopic (exact) mass is 289 g/mol. The number of benzene rings is 1. The highest BCUT2D eigenvalue weighted by atomic mass is 35.5. The van der Waals surface area contributed by atoms with Crippen LogP contribution >= 0.6 is 11.6 Å². The molecule has 104 valence electrons. The van der Waals surface area contributed by atoms with Crippen molar-refractivity contribution in [3.63, 3.8) is 0 Å². The highest BCUT2D eigenvalue weighted by Crippen LogP contribution is 2.24. The number of carbonyl (C=O) groups excluding carboxylic acids is 1. The lowest BCUT2D eigenvalue weighted by molar-refractivity contribution is 0.102. The fourth-order valence-corrected chi connectivity index (χ4v) is 2.05. The SMILES string of the molecule is CNc1cc(C)ncc1C(=O)Nc1cccc(Cl)c1C.